The number of carbonyl (C=O) groups is 1. The summed E-state index contributed by atoms with van der Waals surface area (Å²) in [5.41, 5.74) is 0.752. The molecule has 0 bridgehead atoms. The Hall–Kier alpha value is -1.96. The summed E-state index contributed by atoms with van der Waals surface area (Å²) >= 11 is 5.92. The predicted octanol–water partition coefficient (Wildman–Crippen LogP) is 3.37. The van der Waals surface area contributed by atoms with E-state index < -0.39 is 10.0 Å². The molecule has 1 aromatic carbocycles. The number of hydrogen-bond acceptors (Lipinski definition) is 4. The third-order valence-electron chi connectivity index (χ3n) is 4.83. The lowest BCUT2D eigenvalue weighted by atomic mass is 9.95. The summed E-state index contributed by atoms with van der Waals surface area (Å²) in [5.74, 6) is -0.284. The molecule has 150 valence electrons. The minimum Gasteiger partial charge on any atom is -0.352 e. The van der Waals surface area contributed by atoms with Crippen molar-refractivity contribution in [2.45, 2.75) is 49.6 Å². The van der Waals surface area contributed by atoms with Crippen LogP contribution in [-0.4, -0.2) is 36.2 Å². The summed E-state index contributed by atoms with van der Waals surface area (Å²) in [4.78, 5) is 16.6. The smallest absolute Gasteiger partial charge is 0.245 e. The lowest BCUT2D eigenvalue weighted by molar-refractivity contribution is -0.122. The number of hydrogen-bond donors (Lipinski definition) is 1. The summed E-state index contributed by atoms with van der Waals surface area (Å²) < 4.78 is 27.4. The van der Waals surface area contributed by atoms with E-state index in [2.05, 4.69) is 10.3 Å². The highest BCUT2D eigenvalue weighted by atomic mass is 35.5. The van der Waals surface area contributed by atoms with E-state index in [9.17, 15) is 13.2 Å². The molecule has 0 radical (unpaired) electrons. The minimum atomic E-state index is -3.87. The molecule has 1 saturated carbocycles. The number of amides is 1. The maximum Gasteiger partial charge on any atom is 0.245 e. The van der Waals surface area contributed by atoms with Crippen molar-refractivity contribution in [1.29, 1.82) is 0 Å². The Morgan fingerprint density at radius 3 is 2.50 bits per heavy atom. The molecule has 0 saturated heterocycles. The summed E-state index contributed by atoms with van der Waals surface area (Å²) in [6.45, 7) is -0.164. The number of pyridine rings is 1. The molecule has 6 nitrogen and oxygen atoms in total. The SMILES string of the molecule is O=C(CN(Cc1ccc(Cl)cc1)S(=O)(=O)c1cccnc1)NC1CCCCC1. The first-order valence-electron chi connectivity index (χ1n) is 9.39. The molecule has 1 aliphatic carbocycles. The van der Waals surface area contributed by atoms with E-state index >= 15 is 0 Å². The average Bonchev–Trinajstić information content (AvgIpc) is 2.70. The van der Waals surface area contributed by atoms with Crippen LogP contribution in [0.1, 0.15) is 37.7 Å². The summed E-state index contributed by atoms with van der Waals surface area (Å²) in [6, 6.07) is 10.1. The number of nitrogens with zero attached hydrogens (tertiary/aromatic N) is 2. The van der Waals surface area contributed by atoms with E-state index in [-0.39, 0.29) is 29.9 Å². The van der Waals surface area contributed by atoms with Crippen LogP contribution in [-0.2, 0) is 21.4 Å². The topological polar surface area (TPSA) is 79.4 Å². The third-order valence-corrected chi connectivity index (χ3v) is 6.86. The second-order valence-electron chi connectivity index (χ2n) is 6.99. The van der Waals surface area contributed by atoms with Gasteiger partial charge in [0, 0.05) is 30.0 Å². The Labute approximate surface area is 171 Å². The number of sulfonamides is 1. The summed E-state index contributed by atoms with van der Waals surface area (Å²) in [5, 5.41) is 3.56. The largest absolute Gasteiger partial charge is 0.352 e. The highest BCUT2D eigenvalue weighted by molar-refractivity contribution is 7.89. The highest BCUT2D eigenvalue weighted by Crippen LogP contribution is 2.20. The monoisotopic (exact) mass is 421 g/mol. The van der Waals surface area contributed by atoms with Crippen molar-refractivity contribution in [2.75, 3.05) is 6.54 Å². The van der Waals surface area contributed by atoms with Gasteiger partial charge in [0.1, 0.15) is 4.90 Å². The molecule has 1 aromatic heterocycles. The van der Waals surface area contributed by atoms with Crippen molar-refractivity contribution in [3.63, 3.8) is 0 Å². The van der Waals surface area contributed by atoms with E-state index in [0.29, 0.717) is 5.02 Å². The Bertz CT molecular complexity index is 883. The lowest BCUT2D eigenvalue weighted by Crippen LogP contribution is -2.44. The predicted molar refractivity (Wildman–Crippen MR) is 108 cm³/mol. The van der Waals surface area contributed by atoms with Gasteiger partial charge in [-0.1, -0.05) is 43.0 Å². The van der Waals surface area contributed by atoms with E-state index in [4.69, 9.17) is 11.6 Å². The van der Waals surface area contributed by atoms with Gasteiger partial charge >= 0.3 is 0 Å². The van der Waals surface area contributed by atoms with Crippen molar-refractivity contribution in [3.8, 4) is 0 Å². The normalized spacial score (nSPS) is 15.5. The number of aromatic nitrogens is 1. The Morgan fingerprint density at radius 2 is 1.86 bits per heavy atom. The van der Waals surface area contributed by atoms with Crippen molar-refractivity contribution in [3.05, 3.63) is 59.4 Å². The second-order valence-corrected chi connectivity index (χ2v) is 9.37. The van der Waals surface area contributed by atoms with Gasteiger partial charge < -0.3 is 5.32 Å². The van der Waals surface area contributed by atoms with Crippen LogP contribution < -0.4 is 5.32 Å². The number of carbonyl (C=O) groups excluding carboxylic acids is 1. The van der Waals surface area contributed by atoms with Gasteiger partial charge in [0.15, 0.2) is 0 Å². The Balaban J connectivity index is 1.79. The summed E-state index contributed by atoms with van der Waals surface area (Å²) in [7, 11) is -3.87. The van der Waals surface area contributed by atoms with Gasteiger partial charge in [-0.2, -0.15) is 4.31 Å². The number of nitrogens with one attached hydrogen (secondary N) is 1. The number of benzene rings is 1. The van der Waals surface area contributed by atoms with Gasteiger partial charge in [0.25, 0.3) is 0 Å². The van der Waals surface area contributed by atoms with Gasteiger partial charge in [-0.3, -0.25) is 9.78 Å². The van der Waals surface area contributed by atoms with Crippen LogP contribution in [0.5, 0.6) is 0 Å². The van der Waals surface area contributed by atoms with E-state index in [1.807, 2.05) is 0 Å². The number of rotatable bonds is 7. The fourth-order valence-electron chi connectivity index (χ4n) is 3.35. The first-order valence-corrected chi connectivity index (χ1v) is 11.2. The molecule has 1 fully saturated rings. The minimum absolute atomic E-state index is 0.0643. The quantitative estimate of drug-likeness (QED) is 0.743. The fourth-order valence-corrected chi connectivity index (χ4v) is 4.82. The standard InChI is InChI=1S/C20H24ClN3O3S/c21-17-10-8-16(9-11-17)14-24(28(26,27)19-7-4-12-22-13-19)15-20(25)23-18-5-2-1-3-6-18/h4,7-13,18H,1-3,5-6,14-15H2,(H,23,25). The molecule has 1 amide bonds. The lowest BCUT2D eigenvalue weighted by Gasteiger charge is -2.26. The zero-order chi connectivity index (χ0) is 20.0. The molecule has 1 aliphatic rings. The fraction of sp³-hybridized carbons (Fsp3) is 0.400. The number of halogens is 1. The van der Waals surface area contributed by atoms with Gasteiger partial charge in [0.2, 0.25) is 15.9 Å². The molecule has 1 N–H and O–H groups in total. The molecule has 28 heavy (non-hydrogen) atoms. The molecular formula is C20H24ClN3O3S. The first-order chi connectivity index (χ1) is 13.4. The van der Waals surface area contributed by atoms with Gasteiger partial charge in [-0.05, 0) is 42.7 Å². The Kier molecular flexibility index (Phi) is 7.04. The Morgan fingerprint density at radius 1 is 1.14 bits per heavy atom. The molecule has 0 atom stereocenters. The molecular weight excluding hydrogens is 398 g/mol. The van der Waals surface area contributed by atoms with Crippen LogP contribution in [0, 0.1) is 0 Å². The molecule has 0 spiro atoms. The van der Waals surface area contributed by atoms with Crippen molar-refractivity contribution in [2.24, 2.45) is 0 Å². The van der Waals surface area contributed by atoms with E-state index in [1.165, 1.54) is 29.2 Å². The van der Waals surface area contributed by atoms with Crippen molar-refractivity contribution < 1.29 is 13.2 Å². The average molecular weight is 422 g/mol. The van der Waals surface area contributed by atoms with Crippen LogP contribution in [0.3, 0.4) is 0 Å². The van der Waals surface area contributed by atoms with E-state index in [1.54, 1.807) is 30.3 Å². The van der Waals surface area contributed by atoms with Crippen LogP contribution in [0.2, 0.25) is 5.02 Å². The maximum absolute atomic E-state index is 13.1. The molecule has 8 heteroatoms. The van der Waals surface area contributed by atoms with Gasteiger partial charge in [-0.25, -0.2) is 8.42 Å². The van der Waals surface area contributed by atoms with Crippen LogP contribution >= 0.6 is 11.6 Å². The molecule has 2 aromatic rings. The molecule has 3 rings (SSSR count). The molecule has 0 unspecified atom stereocenters. The molecule has 1 heterocycles. The van der Waals surface area contributed by atoms with Crippen LogP contribution in [0.15, 0.2) is 53.7 Å². The molecule has 0 aliphatic heterocycles. The first kappa shape index (κ1) is 20.8. The van der Waals surface area contributed by atoms with Gasteiger partial charge in [-0.15, -0.1) is 0 Å². The zero-order valence-electron chi connectivity index (χ0n) is 15.6. The third kappa shape index (κ3) is 5.53. The van der Waals surface area contributed by atoms with Crippen LogP contribution in [0.25, 0.3) is 0 Å². The van der Waals surface area contributed by atoms with Crippen LogP contribution in [0.4, 0.5) is 0 Å². The van der Waals surface area contributed by atoms with Crippen molar-refractivity contribution >= 4 is 27.5 Å². The van der Waals surface area contributed by atoms with Crippen molar-refractivity contribution in [1.82, 2.24) is 14.6 Å². The zero-order valence-corrected chi connectivity index (χ0v) is 17.1. The van der Waals surface area contributed by atoms with Gasteiger partial charge in [0.05, 0.1) is 6.54 Å². The maximum atomic E-state index is 13.1. The summed E-state index contributed by atoms with van der Waals surface area (Å²) in [6.07, 6.45) is 8.06. The van der Waals surface area contributed by atoms with E-state index in [0.717, 1.165) is 31.2 Å². The second kappa shape index (κ2) is 9.49. The highest BCUT2D eigenvalue weighted by Gasteiger charge is 2.28.